The van der Waals surface area contributed by atoms with E-state index in [0.717, 1.165) is 23.9 Å². The Bertz CT molecular complexity index is 537. The van der Waals surface area contributed by atoms with Crippen LogP contribution >= 0.6 is 15.9 Å². The van der Waals surface area contributed by atoms with Gasteiger partial charge in [-0.2, -0.15) is 0 Å². The fourth-order valence-electron chi connectivity index (χ4n) is 1.61. The van der Waals surface area contributed by atoms with Crippen LogP contribution in [0.4, 0.5) is 10.3 Å². The lowest BCUT2D eigenvalue weighted by Gasteiger charge is -2.08. The molecule has 2 rings (SSSR count). The zero-order chi connectivity index (χ0) is 12.4. The van der Waals surface area contributed by atoms with Gasteiger partial charge in [0.15, 0.2) is 0 Å². The first kappa shape index (κ1) is 12.1. The number of benzene rings is 1. The van der Waals surface area contributed by atoms with Gasteiger partial charge in [-0.25, -0.2) is 9.37 Å². The van der Waals surface area contributed by atoms with Crippen molar-refractivity contribution in [2.24, 2.45) is 0 Å². The number of halogens is 2. The van der Waals surface area contributed by atoms with E-state index in [1.807, 2.05) is 24.6 Å². The molecule has 0 spiro atoms. The molecule has 0 aliphatic rings. The highest BCUT2D eigenvalue weighted by molar-refractivity contribution is 9.10. The molecule has 1 aromatic heterocycles. The quantitative estimate of drug-likeness (QED) is 0.939. The number of anilines is 1. The highest BCUT2D eigenvalue weighted by Crippen LogP contribution is 2.22. The Morgan fingerprint density at radius 1 is 1.47 bits per heavy atom. The van der Waals surface area contributed by atoms with Crippen molar-refractivity contribution in [1.29, 1.82) is 0 Å². The van der Waals surface area contributed by atoms with Gasteiger partial charge in [-0.1, -0.05) is 0 Å². The number of hydrogen-bond acceptors (Lipinski definition) is 2. The van der Waals surface area contributed by atoms with E-state index in [9.17, 15) is 4.39 Å². The Morgan fingerprint density at radius 2 is 2.24 bits per heavy atom. The molecular weight excluding hydrogens is 285 g/mol. The fraction of sp³-hybridized carbons (Fsp3) is 0.250. The SMILES string of the molecule is CCNc1nc(C)cn1-c1ccc(F)c(Br)c1. The average Bonchev–Trinajstić information content (AvgIpc) is 2.64. The van der Waals surface area contributed by atoms with E-state index in [4.69, 9.17) is 0 Å². The standard InChI is InChI=1S/C12H13BrFN3/c1-3-15-12-16-8(2)7-17(12)9-4-5-11(14)10(13)6-9/h4-7H,3H2,1-2H3,(H,15,16). The van der Waals surface area contributed by atoms with Gasteiger partial charge in [0.2, 0.25) is 5.95 Å². The van der Waals surface area contributed by atoms with Gasteiger partial charge in [0.05, 0.1) is 10.2 Å². The van der Waals surface area contributed by atoms with E-state index in [2.05, 4.69) is 26.2 Å². The van der Waals surface area contributed by atoms with Crippen LogP contribution in [0.1, 0.15) is 12.6 Å². The van der Waals surface area contributed by atoms with Crippen LogP contribution in [0.3, 0.4) is 0 Å². The summed E-state index contributed by atoms with van der Waals surface area (Å²) >= 11 is 3.18. The van der Waals surface area contributed by atoms with E-state index in [1.165, 1.54) is 6.07 Å². The fourth-order valence-corrected chi connectivity index (χ4v) is 1.98. The third kappa shape index (κ3) is 2.49. The molecule has 0 amide bonds. The van der Waals surface area contributed by atoms with Crippen LogP contribution in [-0.4, -0.2) is 16.1 Å². The lowest BCUT2D eigenvalue weighted by Crippen LogP contribution is -2.05. The first-order valence-electron chi connectivity index (χ1n) is 5.37. The number of aromatic nitrogens is 2. The topological polar surface area (TPSA) is 29.9 Å². The van der Waals surface area contributed by atoms with Crippen molar-refractivity contribution in [1.82, 2.24) is 9.55 Å². The molecule has 1 N–H and O–H groups in total. The Morgan fingerprint density at radius 3 is 2.88 bits per heavy atom. The Hall–Kier alpha value is -1.36. The molecule has 2 aromatic rings. The molecule has 0 bridgehead atoms. The van der Waals surface area contributed by atoms with Crippen LogP contribution in [0, 0.1) is 12.7 Å². The lowest BCUT2D eigenvalue weighted by molar-refractivity contribution is 0.620. The predicted molar refractivity (Wildman–Crippen MR) is 70.1 cm³/mol. The summed E-state index contributed by atoms with van der Waals surface area (Å²) in [5.41, 5.74) is 1.79. The number of nitrogens with one attached hydrogen (secondary N) is 1. The summed E-state index contributed by atoms with van der Waals surface area (Å²) in [6.45, 7) is 4.73. The van der Waals surface area contributed by atoms with Gasteiger partial charge in [0.25, 0.3) is 0 Å². The van der Waals surface area contributed by atoms with Gasteiger partial charge in [-0.05, 0) is 48.0 Å². The van der Waals surface area contributed by atoms with E-state index in [1.54, 1.807) is 12.1 Å². The summed E-state index contributed by atoms with van der Waals surface area (Å²) in [6, 6.07) is 4.89. The first-order chi connectivity index (χ1) is 8.11. The number of rotatable bonds is 3. The van der Waals surface area contributed by atoms with Crippen LogP contribution < -0.4 is 5.32 Å². The van der Waals surface area contributed by atoms with Gasteiger partial charge < -0.3 is 5.32 Å². The zero-order valence-corrected chi connectivity index (χ0v) is 11.3. The third-order valence-electron chi connectivity index (χ3n) is 2.34. The minimum absolute atomic E-state index is 0.268. The van der Waals surface area contributed by atoms with Crippen LogP contribution in [0.25, 0.3) is 5.69 Å². The molecule has 0 aliphatic heterocycles. The summed E-state index contributed by atoms with van der Waals surface area (Å²) < 4.78 is 15.5. The molecule has 5 heteroatoms. The molecule has 90 valence electrons. The van der Waals surface area contributed by atoms with Crippen LogP contribution in [0.2, 0.25) is 0 Å². The maximum absolute atomic E-state index is 13.2. The molecule has 0 atom stereocenters. The van der Waals surface area contributed by atoms with Crippen molar-refractivity contribution in [2.75, 3.05) is 11.9 Å². The van der Waals surface area contributed by atoms with E-state index >= 15 is 0 Å². The molecule has 17 heavy (non-hydrogen) atoms. The normalized spacial score (nSPS) is 10.6. The molecule has 1 heterocycles. The molecule has 3 nitrogen and oxygen atoms in total. The highest BCUT2D eigenvalue weighted by atomic mass is 79.9. The van der Waals surface area contributed by atoms with Gasteiger partial charge in [0.1, 0.15) is 5.82 Å². The van der Waals surface area contributed by atoms with Crippen LogP contribution in [0.5, 0.6) is 0 Å². The van der Waals surface area contributed by atoms with Crippen LogP contribution in [0.15, 0.2) is 28.9 Å². The van der Waals surface area contributed by atoms with Crippen molar-refractivity contribution in [2.45, 2.75) is 13.8 Å². The summed E-state index contributed by atoms with van der Waals surface area (Å²) in [7, 11) is 0. The van der Waals surface area contributed by atoms with Crippen molar-refractivity contribution >= 4 is 21.9 Å². The molecule has 0 fully saturated rings. The molecule has 1 aromatic carbocycles. The number of aryl methyl sites for hydroxylation is 1. The molecule has 0 radical (unpaired) electrons. The number of imidazole rings is 1. The summed E-state index contributed by atoms with van der Waals surface area (Å²) in [4.78, 5) is 4.37. The van der Waals surface area contributed by atoms with Gasteiger partial charge >= 0.3 is 0 Å². The summed E-state index contributed by atoms with van der Waals surface area (Å²) in [5, 5.41) is 3.17. The van der Waals surface area contributed by atoms with Gasteiger partial charge in [-0.3, -0.25) is 4.57 Å². The molecule has 0 saturated carbocycles. The van der Waals surface area contributed by atoms with E-state index < -0.39 is 0 Å². The maximum Gasteiger partial charge on any atom is 0.207 e. The molecular formula is C12H13BrFN3. The Labute approximate surface area is 108 Å². The minimum atomic E-state index is -0.268. The smallest absolute Gasteiger partial charge is 0.207 e. The van der Waals surface area contributed by atoms with E-state index in [-0.39, 0.29) is 5.82 Å². The van der Waals surface area contributed by atoms with E-state index in [0.29, 0.717) is 4.47 Å². The largest absolute Gasteiger partial charge is 0.356 e. The summed E-state index contributed by atoms with van der Waals surface area (Å²) in [6.07, 6.45) is 1.91. The minimum Gasteiger partial charge on any atom is -0.356 e. The third-order valence-corrected chi connectivity index (χ3v) is 2.95. The lowest BCUT2D eigenvalue weighted by atomic mass is 10.3. The number of hydrogen-bond donors (Lipinski definition) is 1. The second-order valence-electron chi connectivity index (χ2n) is 3.70. The zero-order valence-electron chi connectivity index (χ0n) is 9.67. The van der Waals surface area contributed by atoms with Crippen molar-refractivity contribution in [3.05, 3.63) is 40.4 Å². The monoisotopic (exact) mass is 297 g/mol. The highest BCUT2D eigenvalue weighted by Gasteiger charge is 2.08. The maximum atomic E-state index is 13.2. The van der Waals surface area contributed by atoms with Crippen molar-refractivity contribution in [3.8, 4) is 5.69 Å². The second kappa shape index (κ2) is 4.87. The van der Waals surface area contributed by atoms with Crippen molar-refractivity contribution in [3.63, 3.8) is 0 Å². The number of nitrogens with zero attached hydrogens (tertiary/aromatic N) is 2. The predicted octanol–water partition coefficient (Wildman–Crippen LogP) is 3.51. The van der Waals surface area contributed by atoms with Crippen molar-refractivity contribution < 1.29 is 4.39 Å². The van der Waals surface area contributed by atoms with Crippen LogP contribution in [-0.2, 0) is 0 Å². The first-order valence-corrected chi connectivity index (χ1v) is 6.16. The Balaban J connectivity index is 2.47. The summed E-state index contributed by atoms with van der Waals surface area (Å²) in [5.74, 6) is 0.499. The molecule has 0 saturated heterocycles. The van der Waals surface area contributed by atoms with Gasteiger partial charge in [0, 0.05) is 18.4 Å². The second-order valence-corrected chi connectivity index (χ2v) is 4.56. The molecule has 0 aliphatic carbocycles. The molecule has 0 unspecified atom stereocenters. The Kier molecular flexibility index (Phi) is 3.47. The van der Waals surface area contributed by atoms with Gasteiger partial charge in [-0.15, -0.1) is 0 Å². The average molecular weight is 298 g/mol.